The summed E-state index contributed by atoms with van der Waals surface area (Å²) in [6.45, 7) is 3.75. The summed E-state index contributed by atoms with van der Waals surface area (Å²) in [5, 5.41) is 1.96. The van der Waals surface area contributed by atoms with E-state index in [0.717, 1.165) is 12.8 Å². The summed E-state index contributed by atoms with van der Waals surface area (Å²) in [5.41, 5.74) is 1.33. The van der Waals surface area contributed by atoms with Crippen LogP contribution < -0.4 is 0 Å². The average Bonchev–Trinajstić information content (AvgIpc) is 2.61. The maximum atomic E-state index is 5.73. The molecule has 2 rings (SSSR count). The molecule has 1 aliphatic heterocycles. The highest BCUT2D eigenvalue weighted by Gasteiger charge is 2.30. The van der Waals surface area contributed by atoms with E-state index in [1.807, 2.05) is 24.3 Å². The predicted molar refractivity (Wildman–Crippen MR) is 61.3 cm³/mol. The Morgan fingerprint density at radius 2 is 2.20 bits per heavy atom. The van der Waals surface area contributed by atoms with Gasteiger partial charge in [-0.3, -0.25) is 4.84 Å². The van der Waals surface area contributed by atoms with Crippen LogP contribution in [0.25, 0.3) is 0 Å². The molecule has 1 saturated heterocycles. The molecule has 2 nitrogen and oxygen atoms in total. The van der Waals surface area contributed by atoms with Crippen LogP contribution in [-0.2, 0) is 4.84 Å². The Labute approximate surface area is 91.1 Å². The van der Waals surface area contributed by atoms with Crippen LogP contribution in [0.2, 0.25) is 0 Å². The third-order valence-electron chi connectivity index (χ3n) is 2.85. The van der Waals surface area contributed by atoms with Crippen molar-refractivity contribution in [1.29, 1.82) is 0 Å². The van der Waals surface area contributed by atoms with Crippen molar-refractivity contribution >= 4 is 0 Å². The van der Waals surface area contributed by atoms with Crippen LogP contribution >= 0.6 is 0 Å². The highest BCUT2D eigenvalue weighted by molar-refractivity contribution is 5.19. The number of hydroxylamine groups is 2. The van der Waals surface area contributed by atoms with Gasteiger partial charge in [-0.2, -0.15) is 5.06 Å². The molecule has 2 atom stereocenters. The maximum Gasteiger partial charge on any atom is 0.0846 e. The first kappa shape index (κ1) is 10.4. The fraction of sp³-hybridized carbons (Fsp3) is 0.385. The Morgan fingerprint density at radius 3 is 2.87 bits per heavy atom. The number of nitrogens with zero attached hydrogens (tertiary/aromatic N) is 1. The summed E-state index contributed by atoms with van der Waals surface area (Å²) in [6.07, 6.45) is 4.18. The molecular formula is C13H17NO. The Bertz CT molecular complexity index is 323. The molecule has 0 N–H and O–H groups in total. The standard InChI is InChI=1S/C13H17NO/c1-3-7-12-10-13(14(2)15-12)11-8-5-4-6-9-11/h3-6,8-9,12-13H,1,7,10H2,2H3/t12-,13-/m1/s1. The lowest BCUT2D eigenvalue weighted by Crippen LogP contribution is -2.16. The zero-order valence-corrected chi connectivity index (χ0v) is 9.10. The molecule has 0 spiro atoms. The van der Waals surface area contributed by atoms with Gasteiger partial charge in [0.25, 0.3) is 0 Å². The molecule has 1 aliphatic rings. The van der Waals surface area contributed by atoms with Gasteiger partial charge in [0.2, 0.25) is 0 Å². The van der Waals surface area contributed by atoms with Crippen LogP contribution in [0, 0.1) is 0 Å². The first-order chi connectivity index (χ1) is 7.31. The van der Waals surface area contributed by atoms with E-state index < -0.39 is 0 Å². The Hall–Kier alpha value is -1.12. The van der Waals surface area contributed by atoms with Crippen LogP contribution in [-0.4, -0.2) is 18.2 Å². The summed E-state index contributed by atoms with van der Waals surface area (Å²) in [5.74, 6) is 0. The Morgan fingerprint density at radius 1 is 1.47 bits per heavy atom. The molecule has 0 bridgehead atoms. The van der Waals surface area contributed by atoms with Gasteiger partial charge >= 0.3 is 0 Å². The maximum absolute atomic E-state index is 5.73. The monoisotopic (exact) mass is 203 g/mol. The summed E-state index contributed by atoms with van der Waals surface area (Å²) in [7, 11) is 2.00. The van der Waals surface area contributed by atoms with Gasteiger partial charge in [-0.1, -0.05) is 36.4 Å². The average molecular weight is 203 g/mol. The van der Waals surface area contributed by atoms with Gasteiger partial charge in [0.1, 0.15) is 0 Å². The largest absolute Gasteiger partial charge is 0.295 e. The third-order valence-corrected chi connectivity index (χ3v) is 2.85. The van der Waals surface area contributed by atoms with E-state index >= 15 is 0 Å². The lowest BCUT2D eigenvalue weighted by atomic mass is 10.0. The van der Waals surface area contributed by atoms with E-state index in [9.17, 15) is 0 Å². The predicted octanol–water partition coefficient (Wildman–Crippen LogP) is 2.94. The molecule has 1 aromatic rings. The molecule has 1 aromatic carbocycles. The van der Waals surface area contributed by atoms with Crippen molar-refractivity contribution < 1.29 is 4.84 Å². The quantitative estimate of drug-likeness (QED) is 0.700. The van der Waals surface area contributed by atoms with E-state index in [4.69, 9.17) is 4.84 Å². The van der Waals surface area contributed by atoms with Crippen molar-refractivity contribution in [2.45, 2.75) is 25.0 Å². The molecule has 80 valence electrons. The molecular weight excluding hydrogens is 186 g/mol. The summed E-state index contributed by atoms with van der Waals surface area (Å²) >= 11 is 0. The zero-order valence-electron chi connectivity index (χ0n) is 9.10. The van der Waals surface area contributed by atoms with E-state index in [2.05, 4.69) is 30.8 Å². The minimum atomic E-state index is 0.290. The SMILES string of the molecule is C=CC[C@@H]1C[C@H](c2ccccc2)N(C)O1. The molecule has 0 aromatic heterocycles. The molecule has 0 amide bonds. The number of rotatable bonds is 3. The van der Waals surface area contributed by atoms with E-state index in [1.54, 1.807) is 0 Å². The fourth-order valence-electron chi connectivity index (χ4n) is 2.10. The van der Waals surface area contributed by atoms with Crippen molar-refractivity contribution in [2.75, 3.05) is 7.05 Å². The van der Waals surface area contributed by atoms with Crippen LogP contribution in [0.1, 0.15) is 24.4 Å². The number of hydrogen-bond acceptors (Lipinski definition) is 2. The molecule has 0 unspecified atom stereocenters. The van der Waals surface area contributed by atoms with Crippen LogP contribution in [0.5, 0.6) is 0 Å². The van der Waals surface area contributed by atoms with Crippen molar-refractivity contribution in [3.8, 4) is 0 Å². The van der Waals surface area contributed by atoms with Crippen molar-refractivity contribution in [3.63, 3.8) is 0 Å². The number of hydrogen-bond donors (Lipinski definition) is 0. The second kappa shape index (κ2) is 4.60. The van der Waals surface area contributed by atoms with Crippen LogP contribution in [0.15, 0.2) is 43.0 Å². The van der Waals surface area contributed by atoms with Crippen LogP contribution in [0.4, 0.5) is 0 Å². The molecule has 0 radical (unpaired) electrons. The summed E-state index contributed by atoms with van der Waals surface area (Å²) in [4.78, 5) is 5.73. The lowest BCUT2D eigenvalue weighted by Gasteiger charge is -2.17. The minimum absolute atomic E-state index is 0.290. The van der Waals surface area contributed by atoms with Crippen molar-refractivity contribution in [3.05, 3.63) is 48.6 Å². The minimum Gasteiger partial charge on any atom is -0.295 e. The molecule has 15 heavy (non-hydrogen) atoms. The molecule has 0 aliphatic carbocycles. The Kier molecular flexibility index (Phi) is 3.19. The van der Waals surface area contributed by atoms with Gasteiger partial charge < -0.3 is 0 Å². The van der Waals surface area contributed by atoms with Crippen LogP contribution in [0.3, 0.4) is 0 Å². The summed E-state index contributed by atoms with van der Waals surface area (Å²) in [6, 6.07) is 10.9. The van der Waals surface area contributed by atoms with Gasteiger partial charge in [-0.05, 0) is 18.4 Å². The van der Waals surface area contributed by atoms with Gasteiger partial charge in [-0.25, -0.2) is 0 Å². The first-order valence-corrected chi connectivity index (χ1v) is 5.36. The van der Waals surface area contributed by atoms with E-state index in [-0.39, 0.29) is 6.10 Å². The lowest BCUT2D eigenvalue weighted by molar-refractivity contribution is -0.142. The fourth-order valence-corrected chi connectivity index (χ4v) is 2.10. The number of benzene rings is 1. The second-order valence-corrected chi connectivity index (χ2v) is 3.96. The molecule has 0 saturated carbocycles. The first-order valence-electron chi connectivity index (χ1n) is 5.36. The summed E-state index contributed by atoms with van der Waals surface area (Å²) < 4.78 is 0. The molecule has 1 fully saturated rings. The smallest absolute Gasteiger partial charge is 0.0846 e. The van der Waals surface area contributed by atoms with Gasteiger partial charge in [0.05, 0.1) is 12.1 Å². The van der Waals surface area contributed by atoms with Crippen molar-refractivity contribution in [2.24, 2.45) is 0 Å². The molecule has 2 heteroatoms. The Balaban J connectivity index is 2.08. The normalized spacial score (nSPS) is 26.7. The third kappa shape index (κ3) is 2.28. The molecule has 1 heterocycles. The zero-order chi connectivity index (χ0) is 10.7. The topological polar surface area (TPSA) is 12.5 Å². The highest BCUT2D eigenvalue weighted by atomic mass is 16.7. The van der Waals surface area contributed by atoms with Gasteiger partial charge in [0, 0.05) is 7.05 Å². The highest BCUT2D eigenvalue weighted by Crippen LogP contribution is 2.33. The van der Waals surface area contributed by atoms with E-state index in [0.29, 0.717) is 6.04 Å². The van der Waals surface area contributed by atoms with Gasteiger partial charge in [-0.15, -0.1) is 6.58 Å². The van der Waals surface area contributed by atoms with Crippen molar-refractivity contribution in [1.82, 2.24) is 5.06 Å². The van der Waals surface area contributed by atoms with Gasteiger partial charge in [0.15, 0.2) is 0 Å². The second-order valence-electron chi connectivity index (χ2n) is 3.96. The van der Waals surface area contributed by atoms with E-state index in [1.165, 1.54) is 5.56 Å².